The van der Waals surface area contributed by atoms with Crippen molar-refractivity contribution in [2.24, 2.45) is 0 Å². The molecule has 1 atom stereocenters. The Morgan fingerprint density at radius 3 is 1.91 bits per heavy atom. The molecule has 0 saturated heterocycles. The number of hydrogen-bond acceptors (Lipinski definition) is 1. The fraction of sp³-hybridized carbons (Fsp3) is 0.316. The van der Waals surface area contributed by atoms with Gasteiger partial charge in [-0.15, -0.1) is 0 Å². The van der Waals surface area contributed by atoms with Crippen molar-refractivity contribution >= 4 is 19.4 Å². The molecule has 2 aromatic rings. The molecule has 2 aromatic carbocycles. The maximum atomic E-state index is 12.8. The Morgan fingerprint density at radius 1 is 0.818 bits per heavy atom. The minimum Gasteiger partial charge on any atom is -0.289 e. The summed E-state index contributed by atoms with van der Waals surface area (Å²) in [5.41, 5.74) is 8.31. The molecular formula is C19H23LiOP+. The van der Waals surface area contributed by atoms with Crippen LogP contribution in [0.4, 0.5) is 0 Å². The Hall–Kier alpha value is -0.863. The molecule has 0 fully saturated rings. The van der Waals surface area contributed by atoms with E-state index in [1.165, 1.54) is 27.6 Å². The maximum absolute atomic E-state index is 12.8. The van der Waals surface area contributed by atoms with Gasteiger partial charge in [-0.05, 0) is 88.8 Å². The van der Waals surface area contributed by atoms with Crippen molar-refractivity contribution in [3.8, 4) is 0 Å². The van der Waals surface area contributed by atoms with Gasteiger partial charge in [0.05, 0.1) is 0 Å². The fourth-order valence-corrected chi connectivity index (χ4v) is 4.12. The van der Waals surface area contributed by atoms with Crippen LogP contribution < -0.4 is 24.2 Å². The number of hydrogen-bond donors (Lipinski definition) is 0. The van der Waals surface area contributed by atoms with Crippen molar-refractivity contribution in [3.63, 3.8) is 0 Å². The van der Waals surface area contributed by atoms with Gasteiger partial charge in [-0.1, -0.05) is 24.3 Å². The normalized spacial score (nSPS) is 10.8. The van der Waals surface area contributed by atoms with Crippen molar-refractivity contribution in [2.45, 2.75) is 41.5 Å². The summed E-state index contributed by atoms with van der Waals surface area (Å²) in [6, 6.07) is 8.35. The molecule has 0 amide bonds. The molecule has 2 rings (SSSR count). The van der Waals surface area contributed by atoms with Crippen molar-refractivity contribution in [2.75, 3.05) is 0 Å². The van der Waals surface area contributed by atoms with E-state index in [0.717, 1.165) is 16.7 Å². The van der Waals surface area contributed by atoms with E-state index in [-0.39, 0.29) is 33.0 Å². The summed E-state index contributed by atoms with van der Waals surface area (Å²) in [5, 5.41) is 1.19. The molecule has 110 valence electrons. The monoisotopic (exact) mass is 305 g/mol. The van der Waals surface area contributed by atoms with Crippen LogP contribution in [0.25, 0.3) is 0 Å². The average molecular weight is 305 g/mol. The summed E-state index contributed by atoms with van der Waals surface area (Å²) in [6.07, 6.45) is 0. The molecule has 1 unspecified atom stereocenters. The molecule has 0 radical (unpaired) electrons. The molecule has 0 bridgehead atoms. The van der Waals surface area contributed by atoms with Crippen LogP contribution in [-0.4, -0.2) is 5.52 Å². The van der Waals surface area contributed by atoms with Crippen molar-refractivity contribution in [3.05, 3.63) is 63.2 Å². The third-order valence-corrected chi connectivity index (χ3v) is 5.82. The first-order chi connectivity index (χ1) is 9.82. The van der Waals surface area contributed by atoms with Crippen molar-refractivity contribution in [1.29, 1.82) is 0 Å². The minimum absolute atomic E-state index is 0. The molecule has 1 nitrogen and oxygen atoms in total. The van der Waals surface area contributed by atoms with Crippen molar-refractivity contribution < 1.29 is 23.7 Å². The van der Waals surface area contributed by atoms with Gasteiger partial charge in [0.2, 0.25) is 0 Å². The van der Waals surface area contributed by atoms with E-state index in [1.807, 2.05) is 6.92 Å². The largest absolute Gasteiger partial charge is 1.00 e. The molecule has 0 spiro atoms. The average Bonchev–Trinajstić information content (AvgIpc) is 2.40. The molecule has 0 aliphatic rings. The predicted octanol–water partition coefficient (Wildman–Crippen LogP) is 1.69. The first kappa shape index (κ1) is 19.2. The third kappa shape index (κ3) is 3.72. The molecule has 0 saturated carbocycles. The molecular weight excluding hydrogens is 282 g/mol. The number of carbonyl (C=O) groups is 1. The van der Waals surface area contributed by atoms with Gasteiger partial charge in [0.1, 0.15) is 0 Å². The molecule has 0 N–H and O–H groups in total. The quantitative estimate of drug-likeness (QED) is 0.623. The Morgan fingerprint density at radius 2 is 1.36 bits per heavy atom. The first-order valence-electron chi connectivity index (χ1n) is 7.28. The Balaban J connectivity index is 0.00000242. The summed E-state index contributed by atoms with van der Waals surface area (Å²) >= 11 is 0. The molecule has 0 aliphatic carbocycles. The second-order valence-electron chi connectivity index (χ2n) is 5.86. The summed E-state index contributed by atoms with van der Waals surface area (Å²) in [7, 11) is 0.200. The number of rotatable bonds is 3. The fourth-order valence-electron chi connectivity index (χ4n) is 2.82. The molecule has 0 aromatic heterocycles. The van der Waals surface area contributed by atoms with E-state index in [4.69, 9.17) is 0 Å². The van der Waals surface area contributed by atoms with E-state index in [1.54, 1.807) is 0 Å². The zero-order chi connectivity index (χ0) is 15.7. The standard InChI is InChI=1S/C19H23OP.Li/c1-11-8-7-9-12(2)18(11)21-19(20)17-14(4)10-13(3)15(5)16(17)6;/h7-10,21H,1-6H3;/q;+1. The van der Waals surface area contributed by atoms with Gasteiger partial charge in [-0.25, -0.2) is 0 Å². The predicted molar refractivity (Wildman–Crippen MR) is 93.6 cm³/mol. The third-order valence-electron chi connectivity index (χ3n) is 4.30. The van der Waals surface area contributed by atoms with E-state index < -0.39 is 0 Å². The Labute approximate surface area is 147 Å². The van der Waals surface area contributed by atoms with Crippen LogP contribution in [0, 0.1) is 41.5 Å². The summed E-state index contributed by atoms with van der Waals surface area (Å²) in [6.45, 7) is 12.5. The number of carbonyl (C=O) groups excluding carboxylic acids is 1. The van der Waals surface area contributed by atoms with E-state index in [9.17, 15) is 4.79 Å². The van der Waals surface area contributed by atoms with E-state index in [2.05, 4.69) is 58.9 Å². The van der Waals surface area contributed by atoms with Crippen LogP contribution in [0.3, 0.4) is 0 Å². The molecule has 0 aliphatic heterocycles. The summed E-state index contributed by atoms with van der Waals surface area (Å²) < 4.78 is 0. The van der Waals surface area contributed by atoms with Gasteiger partial charge in [-0.3, -0.25) is 4.79 Å². The van der Waals surface area contributed by atoms with Crippen LogP contribution in [-0.2, 0) is 0 Å². The van der Waals surface area contributed by atoms with Crippen LogP contribution >= 0.6 is 8.58 Å². The van der Waals surface area contributed by atoms with Crippen molar-refractivity contribution in [1.82, 2.24) is 0 Å². The second kappa shape index (κ2) is 7.61. The maximum Gasteiger partial charge on any atom is 1.00 e. The van der Waals surface area contributed by atoms with Gasteiger partial charge < -0.3 is 0 Å². The molecule has 3 heteroatoms. The summed E-state index contributed by atoms with van der Waals surface area (Å²) in [4.78, 5) is 12.8. The Kier molecular flexibility index (Phi) is 6.63. The van der Waals surface area contributed by atoms with E-state index in [0.29, 0.717) is 0 Å². The molecule has 22 heavy (non-hydrogen) atoms. The van der Waals surface area contributed by atoms with Gasteiger partial charge in [0.25, 0.3) is 0 Å². The first-order valence-corrected chi connectivity index (χ1v) is 8.28. The number of benzene rings is 2. The van der Waals surface area contributed by atoms with Gasteiger partial charge in [-0.2, -0.15) is 0 Å². The van der Waals surface area contributed by atoms with Crippen LogP contribution in [0.2, 0.25) is 0 Å². The van der Waals surface area contributed by atoms with Gasteiger partial charge >= 0.3 is 18.9 Å². The van der Waals surface area contributed by atoms with Gasteiger partial charge in [0.15, 0.2) is 5.52 Å². The SMILES string of the molecule is Cc1cc(C)c(C(=O)Pc2c(C)cccc2C)c(C)c1C.[Li+]. The zero-order valence-corrected chi connectivity index (χ0v) is 15.7. The second-order valence-corrected chi connectivity index (χ2v) is 7.06. The number of aryl methyl sites for hydroxylation is 4. The van der Waals surface area contributed by atoms with E-state index >= 15 is 0 Å². The summed E-state index contributed by atoms with van der Waals surface area (Å²) in [5.74, 6) is 0. The van der Waals surface area contributed by atoms with Crippen LogP contribution in [0.15, 0.2) is 24.3 Å². The topological polar surface area (TPSA) is 17.1 Å². The smallest absolute Gasteiger partial charge is 0.289 e. The zero-order valence-electron chi connectivity index (χ0n) is 14.7. The molecule has 0 heterocycles. The van der Waals surface area contributed by atoms with Gasteiger partial charge in [0, 0.05) is 5.56 Å². The van der Waals surface area contributed by atoms with Crippen LogP contribution in [0.5, 0.6) is 0 Å². The minimum atomic E-state index is 0. The van der Waals surface area contributed by atoms with Crippen LogP contribution in [0.1, 0.15) is 43.7 Å². The Bertz CT molecular complexity index is 700.